The molecule has 206 valence electrons. The fourth-order valence-electron chi connectivity index (χ4n) is 4.95. The van der Waals surface area contributed by atoms with E-state index >= 15 is 0 Å². The zero-order chi connectivity index (χ0) is 27.3. The summed E-state index contributed by atoms with van der Waals surface area (Å²) in [5.41, 5.74) is 4.31. The molecule has 1 saturated heterocycles. The Kier molecular flexibility index (Phi) is 8.98. The molecule has 0 saturated carbocycles. The zero-order valence-electron chi connectivity index (χ0n) is 20.8. The molecule has 4 rings (SSSR count). The summed E-state index contributed by atoms with van der Waals surface area (Å²) in [5.74, 6) is -3.35. The Morgan fingerprint density at radius 3 is 2.29 bits per heavy atom. The minimum atomic E-state index is -2.05. The van der Waals surface area contributed by atoms with Crippen LogP contribution in [0.15, 0.2) is 48.5 Å². The fourth-order valence-corrected chi connectivity index (χ4v) is 4.95. The Morgan fingerprint density at radius 1 is 1.03 bits per heavy atom. The number of aliphatic carboxylic acids is 1. The number of hydrogen-bond donors (Lipinski definition) is 7. The Balaban J connectivity index is 1.20. The molecule has 1 fully saturated rings. The van der Waals surface area contributed by atoms with E-state index in [1.165, 1.54) is 0 Å². The first-order valence-corrected chi connectivity index (χ1v) is 12.7. The molecule has 0 radical (unpaired) electrons. The van der Waals surface area contributed by atoms with Gasteiger partial charge < -0.3 is 45.6 Å². The molecule has 0 bridgehead atoms. The summed E-state index contributed by atoms with van der Waals surface area (Å²) < 4.78 is 10.5. The van der Waals surface area contributed by atoms with Crippen molar-refractivity contribution in [2.75, 3.05) is 26.3 Å². The van der Waals surface area contributed by atoms with Crippen LogP contribution in [0.1, 0.15) is 36.3 Å². The lowest BCUT2D eigenvalue weighted by atomic mass is 9.97. The van der Waals surface area contributed by atoms with Crippen molar-refractivity contribution in [3.63, 3.8) is 0 Å². The number of carbonyl (C=O) groups excluding carboxylic acids is 1. The van der Waals surface area contributed by atoms with E-state index < -0.39 is 42.2 Å². The van der Waals surface area contributed by atoms with Gasteiger partial charge in [-0.2, -0.15) is 0 Å². The summed E-state index contributed by atoms with van der Waals surface area (Å²) in [5, 5.41) is 54.4. The van der Waals surface area contributed by atoms with Gasteiger partial charge in [-0.05, 0) is 48.1 Å². The first kappa shape index (κ1) is 28.0. The second-order valence-corrected chi connectivity index (χ2v) is 9.69. The van der Waals surface area contributed by atoms with E-state index in [4.69, 9.17) is 9.47 Å². The Labute approximate surface area is 220 Å². The van der Waals surface area contributed by atoms with E-state index in [1.807, 2.05) is 48.5 Å². The number of nitrogens with one attached hydrogen (secondary N) is 2. The van der Waals surface area contributed by atoms with E-state index in [0.29, 0.717) is 19.4 Å². The number of unbranched alkanes of at least 4 members (excludes halogenated alkanes) is 1. The number of rotatable bonds is 11. The maximum atomic E-state index is 12.5. The third-order valence-electron chi connectivity index (χ3n) is 7.09. The summed E-state index contributed by atoms with van der Waals surface area (Å²) in [7, 11) is 0. The first-order chi connectivity index (χ1) is 18.2. The molecule has 2 aliphatic rings. The predicted octanol–water partition coefficient (Wildman–Crippen LogP) is 0.540. The molecule has 5 atom stereocenters. The lowest BCUT2D eigenvalue weighted by Gasteiger charge is -2.41. The highest BCUT2D eigenvalue weighted by atomic mass is 16.6. The predicted molar refractivity (Wildman–Crippen MR) is 135 cm³/mol. The number of carboxylic acids is 1. The van der Waals surface area contributed by atoms with E-state index in [1.54, 1.807) is 0 Å². The van der Waals surface area contributed by atoms with Crippen LogP contribution >= 0.6 is 0 Å². The van der Waals surface area contributed by atoms with Crippen LogP contribution in [0, 0.1) is 0 Å². The fraction of sp³-hybridized carbons (Fsp3) is 0.481. The van der Waals surface area contributed by atoms with Crippen LogP contribution in [0.5, 0.6) is 0 Å². The van der Waals surface area contributed by atoms with Crippen molar-refractivity contribution in [3.05, 3.63) is 59.7 Å². The van der Waals surface area contributed by atoms with Gasteiger partial charge in [0.25, 0.3) is 0 Å². The molecule has 0 spiro atoms. The summed E-state index contributed by atoms with van der Waals surface area (Å²) >= 11 is 0. The zero-order valence-corrected chi connectivity index (χ0v) is 20.8. The highest BCUT2D eigenvalue weighted by Gasteiger charge is 2.48. The molecular weight excluding hydrogens is 496 g/mol. The normalized spacial score (nSPS) is 25.3. The van der Waals surface area contributed by atoms with Crippen LogP contribution in [0.2, 0.25) is 0 Å². The molecule has 11 nitrogen and oxygen atoms in total. The van der Waals surface area contributed by atoms with E-state index in [-0.39, 0.29) is 32.1 Å². The van der Waals surface area contributed by atoms with Crippen molar-refractivity contribution in [1.82, 2.24) is 10.6 Å². The molecule has 7 N–H and O–H groups in total. The second-order valence-electron chi connectivity index (χ2n) is 9.69. The molecule has 0 aromatic heterocycles. The van der Waals surface area contributed by atoms with E-state index in [9.17, 15) is 35.1 Å². The average molecular weight is 531 g/mol. The van der Waals surface area contributed by atoms with Crippen LogP contribution in [0.25, 0.3) is 11.1 Å². The highest BCUT2D eigenvalue weighted by molar-refractivity contribution is 5.81. The minimum absolute atomic E-state index is 0.0820. The minimum Gasteiger partial charge on any atom is -0.480 e. The van der Waals surface area contributed by atoms with Crippen LogP contribution in [-0.4, -0.2) is 94.0 Å². The SMILES string of the molecule is O=C(NC(CCCCNCC1(O)OCC(O)C(O)C1O)C(=O)O)OCC1c2ccccc2-c2ccccc21. The summed E-state index contributed by atoms with van der Waals surface area (Å²) in [6.07, 6.45) is -4.20. The molecule has 1 amide bonds. The van der Waals surface area contributed by atoms with Crippen molar-refractivity contribution in [2.45, 2.75) is 55.3 Å². The van der Waals surface area contributed by atoms with E-state index in [0.717, 1.165) is 22.3 Å². The van der Waals surface area contributed by atoms with Crippen molar-refractivity contribution < 1.29 is 44.6 Å². The number of carbonyl (C=O) groups is 2. The van der Waals surface area contributed by atoms with Crippen LogP contribution in [0.3, 0.4) is 0 Å². The number of benzene rings is 2. The smallest absolute Gasteiger partial charge is 0.407 e. The van der Waals surface area contributed by atoms with Crippen LogP contribution in [-0.2, 0) is 14.3 Å². The number of fused-ring (bicyclic) bond motifs is 3. The Bertz CT molecular complexity index is 1080. The van der Waals surface area contributed by atoms with Gasteiger partial charge in [0.1, 0.15) is 31.0 Å². The number of amides is 1. The Hall–Kier alpha value is -3.06. The molecule has 2 aromatic rings. The van der Waals surface area contributed by atoms with Crippen LogP contribution < -0.4 is 10.6 Å². The molecule has 38 heavy (non-hydrogen) atoms. The molecule has 1 aliphatic carbocycles. The number of carboxylic acid groups (broad SMARTS) is 1. The average Bonchev–Trinajstić information content (AvgIpc) is 3.23. The van der Waals surface area contributed by atoms with Crippen LogP contribution in [0.4, 0.5) is 4.79 Å². The number of ether oxygens (including phenoxy) is 2. The monoisotopic (exact) mass is 530 g/mol. The third kappa shape index (κ3) is 6.15. The number of aliphatic hydroxyl groups is 4. The second kappa shape index (κ2) is 12.2. The standard InChI is InChI=1S/C27H34N2O9/c30-22-14-38-27(36,24(32)23(22)31)15-28-12-6-5-11-21(25(33)34)29-26(35)37-13-20-18-9-3-1-7-16(18)17-8-2-4-10-19(17)20/h1-4,7-10,20-24,28,30-32,36H,5-6,11-15H2,(H,29,35)(H,33,34). The lowest BCUT2D eigenvalue weighted by molar-refractivity contribution is -0.317. The summed E-state index contributed by atoms with van der Waals surface area (Å²) in [4.78, 5) is 24.1. The first-order valence-electron chi connectivity index (χ1n) is 12.7. The van der Waals surface area contributed by atoms with Gasteiger partial charge in [-0.1, -0.05) is 48.5 Å². The number of alkyl carbamates (subject to hydrolysis) is 1. The number of aliphatic hydroxyl groups excluding tert-OH is 3. The van der Waals surface area contributed by atoms with Gasteiger partial charge in [0, 0.05) is 5.92 Å². The van der Waals surface area contributed by atoms with Crippen molar-refractivity contribution in [1.29, 1.82) is 0 Å². The largest absolute Gasteiger partial charge is 0.480 e. The van der Waals surface area contributed by atoms with Gasteiger partial charge in [0.2, 0.25) is 5.79 Å². The summed E-state index contributed by atoms with van der Waals surface area (Å²) in [6.45, 7) is -0.0798. The molecule has 11 heteroatoms. The van der Waals surface area contributed by atoms with Gasteiger partial charge in [-0.3, -0.25) is 0 Å². The van der Waals surface area contributed by atoms with Gasteiger partial charge in [0.15, 0.2) is 0 Å². The van der Waals surface area contributed by atoms with Crippen molar-refractivity contribution >= 4 is 12.1 Å². The molecule has 1 aliphatic heterocycles. The van der Waals surface area contributed by atoms with Gasteiger partial charge >= 0.3 is 12.1 Å². The molecular formula is C27H34N2O9. The maximum absolute atomic E-state index is 12.5. The highest BCUT2D eigenvalue weighted by Crippen LogP contribution is 2.44. The van der Waals surface area contributed by atoms with Gasteiger partial charge in [0.05, 0.1) is 13.2 Å². The van der Waals surface area contributed by atoms with Gasteiger partial charge in [-0.25, -0.2) is 9.59 Å². The summed E-state index contributed by atoms with van der Waals surface area (Å²) in [6, 6.07) is 14.7. The molecule has 2 aromatic carbocycles. The lowest BCUT2D eigenvalue weighted by Crippen LogP contribution is -2.64. The Morgan fingerprint density at radius 2 is 1.66 bits per heavy atom. The van der Waals surface area contributed by atoms with Crippen molar-refractivity contribution in [3.8, 4) is 11.1 Å². The number of hydrogen-bond acceptors (Lipinski definition) is 9. The van der Waals surface area contributed by atoms with Gasteiger partial charge in [-0.15, -0.1) is 0 Å². The maximum Gasteiger partial charge on any atom is 0.407 e. The molecule has 5 unspecified atom stereocenters. The van der Waals surface area contributed by atoms with Crippen molar-refractivity contribution in [2.24, 2.45) is 0 Å². The quantitative estimate of drug-likeness (QED) is 0.203. The molecule has 1 heterocycles. The topological polar surface area (TPSA) is 178 Å². The third-order valence-corrected chi connectivity index (χ3v) is 7.09. The van der Waals surface area contributed by atoms with E-state index in [2.05, 4.69) is 10.6 Å².